The van der Waals surface area contributed by atoms with Crippen LogP contribution < -0.4 is 0 Å². The standard InChI is InChI=1S/C18H11ClF3NO2/c19-11-6-7-13-12(8-11)15(10-4-2-1-3-5-10)16(17(24)25)14(23-13)9-18(20,21)22/h1-8H,9H2,(H,24,25). The van der Waals surface area contributed by atoms with E-state index in [2.05, 4.69) is 4.98 Å². The first-order chi connectivity index (χ1) is 11.8. The van der Waals surface area contributed by atoms with Crippen LogP contribution >= 0.6 is 11.6 Å². The highest BCUT2D eigenvalue weighted by Gasteiger charge is 2.33. The second-order valence-electron chi connectivity index (χ2n) is 5.43. The van der Waals surface area contributed by atoms with Crippen LogP contribution in [0.15, 0.2) is 48.5 Å². The number of carbonyl (C=O) groups is 1. The van der Waals surface area contributed by atoms with Crippen molar-refractivity contribution in [3.63, 3.8) is 0 Å². The number of alkyl halides is 3. The molecular formula is C18H11ClF3NO2. The van der Waals surface area contributed by atoms with Crippen LogP contribution in [0.3, 0.4) is 0 Å². The topological polar surface area (TPSA) is 50.2 Å². The molecule has 0 saturated heterocycles. The van der Waals surface area contributed by atoms with Crippen molar-refractivity contribution in [3.8, 4) is 11.1 Å². The molecule has 3 nitrogen and oxygen atoms in total. The van der Waals surface area contributed by atoms with Gasteiger partial charge in [-0.05, 0) is 23.8 Å². The first kappa shape index (κ1) is 17.2. The Kier molecular flexibility index (Phi) is 4.39. The summed E-state index contributed by atoms with van der Waals surface area (Å²) >= 11 is 6.00. The van der Waals surface area contributed by atoms with Crippen LogP contribution in [-0.4, -0.2) is 22.2 Å². The van der Waals surface area contributed by atoms with E-state index in [4.69, 9.17) is 11.6 Å². The van der Waals surface area contributed by atoms with Crippen molar-refractivity contribution in [1.29, 1.82) is 0 Å². The number of halogens is 4. The van der Waals surface area contributed by atoms with Crippen molar-refractivity contribution in [2.75, 3.05) is 0 Å². The Hall–Kier alpha value is -2.60. The molecule has 0 spiro atoms. The molecule has 2 aromatic carbocycles. The number of hydrogen-bond donors (Lipinski definition) is 1. The minimum absolute atomic E-state index is 0.180. The maximum atomic E-state index is 12.9. The summed E-state index contributed by atoms with van der Waals surface area (Å²) in [6.07, 6.45) is -6.00. The molecule has 3 aromatic rings. The molecule has 0 atom stereocenters. The zero-order valence-corrected chi connectivity index (χ0v) is 13.4. The average Bonchev–Trinajstić information content (AvgIpc) is 2.53. The molecule has 1 aromatic heterocycles. The number of carboxylic acids is 1. The number of fused-ring (bicyclic) bond motifs is 1. The number of pyridine rings is 1. The molecule has 0 amide bonds. The highest BCUT2D eigenvalue weighted by atomic mass is 35.5. The lowest BCUT2D eigenvalue weighted by Gasteiger charge is -2.16. The molecule has 0 saturated carbocycles. The van der Waals surface area contributed by atoms with E-state index >= 15 is 0 Å². The second kappa shape index (κ2) is 6.37. The van der Waals surface area contributed by atoms with Crippen LogP contribution in [0.1, 0.15) is 16.1 Å². The Morgan fingerprint density at radius 3 is 2.40 bits per heavy atom. The zero-order valence-electron chi connectivity index (χ0n) is 12.6. The van der Waals surface area contributed by atoms with Gasteiger partial charge in [0.05, 0.1) is 23.2 Å². The summed E-state index contributed by atoms with van der Waals surface area (Å²) in [5.41, 5.74) is -0.0580. The molecule has 0 bridgehead atoms. The van der Waals surface area contributed by atoms with Gasteiger partial charge >= 0.3 is 12.1 Å². The lowest BCUT2D eigenvalue weighted by Crippen LogP contribution is -2.17. The van der Waals surface area contributed by atoms with Gasteiger partial charge < -0.3 is 5.11 Å². The highest BCUT2D eigenvalue weighted by molar-refractivity contribution is 6.31. The summed E-state index contributed by atoms with van der Waals surface area (Å²) in [7, 11) is 0. The van der Waals surface area contributed by atoms with Gasteiger partial charge in [0, 0.05) is 16.0 Å². The lowest BCUT2D eigenvalue weighted by atomic mass is 9.93. The largest absolute Gasteiger partial charge is 0.478 e. The molecule has 1 heterocycles. The summed E-state index contributed by atoms with van der Waals surface area (Å²) in [4.78, 5) is 15.7. The van der Waals surface area contributed by atoms with Gasteiger partial charge in [0.1, 0.15) is 0 Å². The van der Waals surface area contributed by atoms with Crippen LogP contribution in [0.25, 0.3) is 22.0 Å². The van der Waals surface area contributed by atoms with Gasteiger partial charge in [-0.25, -0.2) is 4.79 Å². The summed E-state index contributed by atoms with van der Waals surface area (Å²) in [6.45, 7) is 0. The maximum absolute atomic E-state index is 12.9. The molecule has 0 aliphatic carbocycles. The second-order valence-corrected chi connectivity index (χ2v) is 5.87. The number of nitrogens with zero attached hydrogens (tertiary/aromatic N) is 1. The fraction of sp³-hybridized carbons (Fsp3) is 0.111. The Morgan fingerprint density at radius 2 is 1.80 bits per heavy atom. The van der Waals surface area contributed by atoms with E-state index in [9.17, 15) is 23.1 Å². The highest BCUT2D eigenvalue weighted by Crippen LogP contribution is 2.36. The number of benzene rings is 2. The molecule has 25 heavy (non-hydrogen) atoms. The maximum Gasteiger partial charge on any atom is 0.394 e. The zero-order chi connectivity index (χ0) is 18.2. The molecule has 0 aliphatic heterocycles. The van der Waals surface area contributed by atoms with E-state index < -0.39 is 29.8 Å². The van der Waals surface area contributed by atoms with Crippen LogP contribution in [0.4, 0.5) is 13.2 Å². The number of aromatic carboxylic acids is 1. The normalized spacial score (nSPS) is 11.7. The van der Waals surface area contributed by atoms with Gasteiger partial charge in [-0.3, -0.25) is 4.98 Å². The van der Waals surface area contributed by atoms with Crippen molar-refractivity contribution < 1.29 is 23.1 Å². The predicted octanol–water partition coefficient (Wildman–Crippen LogP) is 5.36. The fourth-order valence-corrected chi connectivity index (χ4v) is 2.91. The van der Waals surface area contributed by atoms with Crippen LogP contribution in [0.2, 0.25) is 5.02 Å². The lowest BCUT2D eigenvalue weighted by molar-refractivity contribution is -0.127. The first-order valence-corrected chi connectivity index (χ1v) is 7.61. The van der Waals surface area contributed by atoms with Crippen molar-refractivity contribution in [2.24, 2.45) is 0 Å². The third-order valence-corrected chi connectivity index (χ3v) is 3.90. The average molecular weight is 366 g/mol. The Balaban J connectivity index is 2.44. The Labute approximate surface area is 145 Å². The third kappa shape index (κ3) is 3.58. The van der Waals surface area contributed by atoms with Crippen molar-refractivity contribution in [1.82, 2.24) is 4.98 Å². The van der Waals surface area contributed by atoms with Crippen molar-refractivity contribution >= 4 is 28.5 Å². The Morgan fingerprint density at radius 1 is 1.12 bits per heavy atom. The molecular weight excluding hydrogens is 355 g/mol. The molecule has 7 heteroatoms. The van der Waals surface area contributed by atoms with Crippen molar-refractivity contribution in [2.45, 2.75) is 12.6 Å². The van der Waals surface area contributed by atoms with Gasteiger partial charge in [0.25, 0.3) is 0 Å². The number of carboxylic acid groups (broad SMARTS) is 1. The summed E-state index contributed by atoms with van der Waals surface area (Å²) < 4.78 is 38.8. The number of aromatic nitrogens is 1. The summed E-state index contributed by atoms with van der Waals surface area (Å²) in [5.74, 6) is -1.47. The van der Waals surface area contributed by atoms with Crippen LogP contribution in [0, 0.1) is 0 Å². The quantitative estimate of drug-likeness (QED) is 0.680. The van der Waals surface area contributed by atoms with Gasteiger partial charge in [0.15, 0.2) is 0 Å². The monoisotopic (exact) mass is 365 g/mol. The first-order valence-electron chi connectivity index (χ1n) is 7.24. The van der Waals surface area contributed by atoms with Gasteiger partial charge in [0.2, 0.25) is 0 Å². The van der Waals surface area contributed by atoms with Crippen LogP contribution in [-0.2, 0) is 6.42 Å². The molecule has 0 unspecified atom stereocenters. The third-order valence-electron chi connectivity index (χ3n) is 3.67. The molecule has 0 radical (unpaired) electrons. The van der Waals surface area contributed by atoms with Gasteiger partial charge in [-0.15, -0.1) is 0 Å². The summed E-state index contributed by atoms with van der Waals surface area (Å²) in [5, 5.41) is 10.3. The Bertz CT molecular complexity index is 956. The molecule has 0 aliphatic rings. The van der Waals surface area contributed by atoms with E-state index in [1.807, 2.05) is 0 Å². The van der Waals surface area contributed by atoms with E-state index in [1.165, 1.54) is 18.2 Å². The van der Waals surface area contributed by atoms with Gasteiger partial charge in [-0.2, -0.15) is 13.2 Å². The minimum atomic E-state index is -4.58. The van der Waals surface area contributed by atoms with Crippen molar-refractivity contribution in [3.05, 3.63) is 64.8 Å². The smallest absolute Gasteiger partial charge is 0.394 e. The molecule has 128 valence electrons. The van der Waals surface area contributed by atoms with E-state index in [0.29, 0.717) is 16.0 Å². The number of rotatable bonds is 3. The van der Waals surface area contributed by atoms with E-state index in [0.717, 1.165) is 0 Å². The van der Waals surface area contributed by atoms with Gasteiger partial charge in [-0.1, -0.05) is 41.9 Å². The fourth-order valence-electron chi connectivity index (χ4n) is 2.74. The van der Waals surface area contributed by atoms with E-state index in [-0.39, 0.29) is 11.1 Å². The predicted molar refractivity (Wildman–Crippen MR) is 88.9 cm³/mol. The molecule has 1 N–H and O–H groups in total. The minimum Gasteiger partial charge on any atom is -0.478 e. The molecule has 3 rings (SSSR count). The number of hydrogen-bond acceptors (Lipinski definition) is 2. The summed E-state index contributed by atoms with van der Waals surface area (Å²) in [6, 6.07) is 12.9. The molecule has 0 fully saturated rings. The van der Waals surface area contributed by atoms with E-state index in [1.54, 1.807) is 30.3 Å². The van der Waals surface area contributed by atoms with Crippen LogP contribution in [0.5, 0.6) is 0 Å². The SMILES string of the molecule is O=C(O)c1c(CC(F)(F)F)nc2ccc(Cl)cc2c1-c1ccccc1.